The Bertz CT molecular complexity index is 1040. The molecule has 1 saturated heterocycles. The highest BCUT2D eigenvalue weighted by Crippen LogP contribution is 2.33. The number of anilines is 1. The van der Waals surface area contributed by atoms with Crippen molar-refractivity contribution in [3.63, 3.8) is 0 Å². The van der Waals surface area contributed by atoms with Gasteiger partial charge < -0.3 is 10.1 Å². The normalized spacial score (nSPS) is 17.7. The van der Waals surface area contributed by atoms with E-state index in [4.69, 9.17) is 16.3 Å². The fraction of sp³-hybridized carbons (Fsp3) is 0.353. The van der Waals surface area contributed by atoms with E-state index in [-0.39, 0.29) is 27.9 Å². The molecular formula is C17H18ClN3O6S2. The van der Waals surface area contributed by atoms with Gasteiger partial charge in [-0.15, -0.1) is 11.3 Å². The zero-order valence-corrected chi connectivity index (χ0v) is 17.7. The number of hydrogen-bond donors (Lipinski definition) is 1. The van der Waals surface area contributed by atoms with Crippen LogP contribution in [0.4, 0.5) is 11.4 Å². The van der Waals surface area contributed by atoms with Gasteiger partial charge in [0.1, 0.15) is 21.7 Å². The van der Waals surface area contributed by atoms with Crippen LogP contribution in [0.3, 0.4) is 0 Å². The average Bonchev–Trinajstić information content (AvgIpc) is 3.15. The van der Waals surface area contributed by atoms with Crippen molar-refractivity contribution in [3.05, 3.63) is 44.8 Å². The van der Waals surface area contributed by atoms with Crippen LogP contribution in [-0.2, 0) is 14.8 Å². The first-order valence-electron chi connectivity index (χ1n) is 8.64. The monoisotopic (exact) mass is 459 g/mol. The third kappa shape index (κ3) is 4.53. The number of sulfonamides is 1. The van der Waals surface area contributed by atoms with Gasteiger partial charge in [0.2, 0.25) is 5.91 Å². The van der Waals surface area contributed by atoms with Gasteiger partial charge in [0, 0.05) is 6.54 Å². The lowest BCUT2D eigenvalue weighted by atomic mass is 10.0. The van der Waals surface area contributed by atoms with Crippen molar-refractivity contribution in [2.75, 3.05) is 19.0 Å². The molecule has 0 spiro atoms. The van der Waals surface area contributed by atoms with Gasteiger partial charge in [0.05, 0.1) is 22.4 Å². The Kier molecular flexibility index (Phi) is 6.42. The number of nitrogens with zero attached hydrogens (tertiary/aromatic N) is 2. The van der Waals surface area contributed by atoms with Crippen molar-refractivity contribution >= 4 is 50.2 Å². The first kappa shape index (κ1) is 21.5. The number of methoxy groups -OCH3 is 1. The number of ether oxygens (including phenoxy) is 1. The maximum atomic E-state index is 13.0. The summed E-state index contributed by atoms with van der Waals surface area (Å²) in [7, 11) is -2.54. The number of benzene rings is 1. The molecule has 0 saturated carbocycles. The Hall–Kier alpha value is -2.21. The van der Waals surface area contributed by atoms with Crippen LogP contribution in [-0.4, -0.2) is 43.2 Å². The summed E-state index contributed by atoms with van der Waals surface area (Å²) in [6.45, 7) is 0.181. The Morgan fingerprint density at radius 1 is 1.34 bits per heavy atom. The molecule has 29 heavy (non-hydrogen) atoms. The van der Waals surface area contributed by atoms with E-state index in [0.717, 1.165) is 15.6 Å². The Morgan fingerprint density at radius 3 is 2.72 bits per heavy atom. The largest absolute Gasteiger partial charge is 0.496 e. The molecule has 1 amide bonds. The summed E-state index contributed by atoms with van der Waals surface area (Å²) in [6.07, 6.45) is 1.60. The van der Waals surface area contributed by atoms with Gasteiger partial charge in [0.15, 0.2) is 0 Å². The Balaban J connectivity index is 1.88. The highest BCUT2D eigenvalue weighted by Gasteiger charge is 2.38. The first-order valence-corrected chi connectivity index (χ1v) is 11.3. The Morgan fingerprint density at radius 2 is 2.10 bits per heavy atom. The second-order valence-corrected chi connectivity index (χ2v) is 10.1. The fourth-order valence-corrected chi connectivity index (χ4v) is 6.39. The molecule has 0 radical (unpaired) electrons. The maximum Gasteiger partial charge on any atom is 0.296 e. The highest BCUT2D eigenvalue weighted by molar-refractivity contribution is 7.91. The Labute approximate surface area is 176 Å². The van der Waals surface area contributed by atoms with Gasteiger partial charge in [-0.3, -0.25) is 14.9 Å². The van der Waals surface area contributed by atoms with Crippen molar-refractivity contribution in [3.8, 4) is 5.75 Å². The minimum Gasteiger partial charge on any atom is -0.496 e. The molecule has 2 heterocycles. The van der Waals surface area contributed by atoms with Crippen LogP contribution in [0.5, 0.6) is 5.75 Å². The molecule has 3 rings (SSSR count). The van der Waals surface area contributed by atoms with Crippen molar-refractivity contribution in [2.24, 2.45) is 0 Å². The molecule has 1 fully saturated rings. The van der Waals surface area contributed by atoms with Crippen molar-refractivity contribution in [2.45, 2.75) is 29.5 Å². The molecule has 1 aliphatic heterocycles. The van der Waals surface area contributed by atoms with Gasteiger partial charge in [-0.2, -0.15) is 4.31 Å². The maximum absolute atomic E-state index is 13.0. The van der Waals surface area contributed by atoms with E-state index in [9.17, 15) is 23.3 Å². The number of nitro groups is 1. The lowest BCUT2D eigenvalue weighted by molar-refractivity contribution is -0.384. The molecule has 9 nitrogen and oxygen atoms in total. The molecule has 1 aromatic carbocycles. The van der Waals surface area contributed by atoms with E-state index in [0.29, 0.717) is 23.6 Å². The van der Waals surface area contributed by atoms with E-state index in [1.54, 1.807) is 0 Å². The van der Waals surface area contributed by atoms with Gasteiger partial charge >= 0.3 is 0 Å². The summed E-state index contributed by atoms with van der Waals surface area (Å²) in [5, 5.41) is 13.8. The standard InChI is InChI=1S/C17H18ClN3O6S2/c1-27-11-5-6-12(14(10-11)21(23)24)19-17(22)13-4-2-3-9-20(13)29(25,26)16-8-7-15(18)28-16/h5-8,10,13H,2-4,9H2,1H3,(H,19,22). The predicted molar refractivity (Wildman–Crippen MR) is 109 cm³/mol. The van der Waals surface area contributed by atoms with Gasteiger partial charge in [-0.25, -0.2) is 8.42 Å². The minimum atomic E-state index is -3.91. The zero-order valence-electron chi connectivity index (χ0n) is 15.3. The summed E-state index contributed by atoms with van der Waals surface area (Å²) in [6, 6.07) is 5.94. The van der Waals surface area contributed by atoms with Crippen LogP contribution < -0.4 is 10.1 Å². The second kappa shape index (κ2) is 8.66. The van der Waals surface area contributed by atoms with E-state index in [1.807, 2.05) is 0 Å². The van der Waals surface area contributed by atoms with Crippen LogP contribution in [0.1, 0.15) is 19.3 Å². The fourth-order valence-electron chi connectivity index (χ4n) is 3.12. The van der Waals surface area contributed by atoms with Crippen molar-refractivity contribution in [1.82, 2.24) is 4.31 Å². The van der Waals surface area contributed by atoms with Crippen molar-refractivity contribution < 1.29 is 22.9 Å². The van der Waals surface area contributed by atoms with Crippen molar-refractivity contribution in [1.29, 1.82) is 0 Å². The van der Waals surface area contributed by atoms with E-state index in [2.05, 4.69) is 5.32 Å². The van der Waals surface area contributed by atoms with E-state index < -0.39 is 26.9 Å². The average molecular weight is 460 g/mol. The number of hydrogen-bond acceptors (Lipinski definition) is 7. The van der Waals surface area contributed by atoms with E-state index >= 15 is 0 Å². The highest BCUT2D eigenvalue weighted by atomic mass is 35.5. The molecule has 0 bridgehead atoms. The minimum absolute atomic E-state index is 0.0251. The molecule has 1 N–H and O–H groups in total. The van der Waals surface area contributed by atoms with Gasteiger partial charge in [0.25, 0.3) is 15.7 Å². The summed E-state index contributed by atoms with van der Waals surface area (Å²) in [5.41, 5.74) is -0.365. The molecule has 156 valence electrons. The molecule has 1 atom stereocenters. The van der Waals surface area contributed by atoms with Crippen LogP contribution in [0.2, 0.25) is 4.34 Å². The summed E-state index contributed by atoms with van der Waals surface area (Å²) in [4.78, 5) is 23.6. The quantitative estimate of drug-likeness (QED) is 0.521. The molecule has 2 aromatic rings. The second-order valence-electron chi connectivity index (χ2n) is 6.32. The number of carbonyl (C=O) groups excluding carboxylic acids is 1. The lowest BCUT2D eigenvalue weighted by Gasteiger charge is -2.33. The zero-order chi connectivity index (χ0) is 21.2. The summed E-state index contributed by atoms with van der Waals surface area (Å²) in [5.74, 6) is -0.352. The number of carbonyl (C=O) groups is 1. The third-order valence-electron chi connectivity index (χ3n) is 4.53. The molecule has 0 aliphatic carbocycles. The molecular weight excluding hydrogens is 442 g/mol. The van der Waals surface area contributed by atoms with Crippen LogP contribution in [0, 0.1) is 10.1 Å². The topological polar surface area (TPSA) is 119 Å². The molecule has 1 aliphatic rings. The lowest BCUT2D eigenvalue weighted by Crippen LogP contribution is -2.49. The summed E-state index contributed by atoms with van der Waals surface area (Å²) >= 11 is 6.78. The first-order chi connectivity index (χ1) is 13.7. The van der Waals surface area contributed by atoms with Gasteiger partial charge in [-0.05, 0) is 37.1 Å². The molecule has 1 unspecified atom stereocenters. The smallest absolute Gasteiger partial charge is 0.296 e. The van der Waals surface area contributed by atoms with Crippen LogP contribution in [0.25, 0.3) is 0 Å². The summed E-state index contributed by atoms with van der Waals surface area (Å²) < 4.78 is 32.5. The number of nitro benzene ring substituents is 1. The van der Waals surface area contributed by atoms with Gasteiger partial charge in [-0.1, -0.05) is 18.0 Å². The predicted octanol–water partition coefficient (Wildman–Crippen LogP) is 3.50. The number of amides is 1. The third-order valence-corrected chi connectivity index (χ3v) is 8.13. The number of nitrogens with one attached hydrogen (secondary N) is 1. The SMILES string of the molecule is COc1ccc(NC(=O)C2CCCCN2S(=O)(=O)c2ccc(Cl)s2)c([N+](=O)[O-])c1. The van der Waals surface area contributed by atoms with Crippen LogP contribution in [0.15, 0.2) is 34.5 Å². The number of halogens is 1. The van der Waals surface area contributed by atoms with Crippen LogP contribution >= 0.6 is 22.9 Å². The molecule has 1 aromatic heterocycles. The van der Waals surface area contributed by atoms with E-state index in [1.165, 1.54) is 37.4 Å². The number of piperidine rings is 1. The number of thiophene rings is 1. The number of rotatable bonds is 6. The molecule has 12 heteroatoms.